The summed E-state index contributed by atoms with van der Waals surface area (Å²) >= 11 is 0. The lowest BCUT2D eigenvalue weighted by atomic mass is 9.85. The Labute approximate surface area is 186 Å². The SMILES string of the molecule is Cn1nc(-c2n[nH]c3ccc(OC4(C)CC4)cc23)cc(N2CCC3(CCC(O)C3)C2)c1=O. The fourth-order valence-corrected chi connectivity index (χ4v) is 5.44. The van der Waals surface area contributed by atoms with Crippen LogP contribution in [0.2, 0.25) is 0 Å². The highest BCUT2D eigenvalue weighted by atomic mass is 16.5. The average Bonchev–Trinajstić information content (AvgIpc) is 3.12. The van der Waals surface area contributed by atoms with Gasteiger partial charge in [0.15, 0.2) is 0 Å². The van der Waals surface area contributed by atoms with Crippen LogP contribution in [0, 0.1) is 5.41 Å². The summed E-state index contributed by atoms with van der Waals surface area (Å²) in [7, 11) is 1.69. The molecule has 2 atom stereocenters. The van der Waals surface area contributed by atoms with Crippen LogP contribution in [0.4, 0.5) is 5.69 Å². The van der Waals surface area contributed by atoms with Gasteiger partial charge in [-0.15, -0.1) is 0 Å². The predicted octanol–water partition coefficient (Wildman–Crippen LogP) is 3.00. The molecule has 1 aliphatic heterocycles. The molecule has 3 heterocycles. The first-order valence-corrected chi connectivity index (χ1v) is 11.5. The molecular formula is C24H29N5O3. The van der Waals surface area contributed by atoms with Crippen LogP contribution >= 0.6 is 0 Å². The highest BCUT2D eigenvalue weighted by Gasteiger charge is 2.44. The highest BCUT2D eigenvalue weighted by Crippen LogP contribution is 2.46. The van der Waals surface area contributed by atoms with E-state index >= 15 is 0 Å². The first-order chi connectivity index (χ1) is 15.3. The molecule has 2 aromatic heterocycles. The van der Waals surface area contributed by atoms with Gasteiger partial charge in [0.2, 0.25) is 0 Å². The number of ether oxygens (including phenoxy) is 1. The van der Waals surface area contributed by atoms with E-state index in [1.165, 1.54) is 4.68 Å². The quantitative estimate of drug-likeness (QED) is 0.654. The maximum atomic E-state index is 13.0. The normalized spacial score (nSPS) is 26.3. The molecule has 8 nitrogen and oxygen atoms in total. The van der Waals surface area contributed by atoms with Crippen LogP contribution in [0.25, 0.3) is 22.3 Å². The molecule has 2 aliphatic carbocycles. The number of hydrogen-bond acceptors (Lipinski definition) is 6. The van der Waals surface area contributed by atoms with Crippen molar-refractivity contribution in [3.63, 3.8) is 0 Å². The molecule has 0 radical (unpaired) electrons. The van der Waals surface area contributed by atoms with Gasteiger partial charge in [-0.3, -0.25) is 9.89 Å². The van der Waals surface area contributed by atoms with Gasteiger partial charge < -0.3 is 14.7 Å². The highest BCUT2D eigenvalue weighted by molar-refractivity contribution is 5.93. The number of rotatable bonds is 4. The molecule has 3 fully saturated rings. The van der Waals surface area contributed by atoms with Crippen molar-refractivity contribution in [3.8, 4) is 17.1 Å². The van der Waals surface area contributed by atoms with E-state index in [1.807, 2.05) is 24.3 Å². The molecule has 1 aromatic carbocycles. The molecule has 0 amide bonds. The van der Waals surface area contributed by atoms with Crippen molar-refractivity contribution in [1.29, 1.82) is 0 Å². The smallest absolute Gasteiger partial charge is 0.290 e. The van der Waals surface area contributed by atoms with Crippen molar-refractivity contribution < 1.29 is 9.84 Å². The zero-order valence-electron chi connectivity index (χ0n) is 18.6. The molecule has 2 N–H and O–H groups in total. The molecule has 8 heteroatoms. The molecule has 3 aromatic rings. The summed E-state index contributed by atoms with van der Waals surface area (Å²) in [5.41, 5.74) is 2.91. The van der Waals surface area contributed by atoms with E-state index in [4.69, 9.17) is 4.74 Å². The van der Waals surface area contributed by atoms with E-state index in [-0.39, 0.29) is 22.7 Å². The molecule has 0 bridgehead atoms. The van der Waals surface area contributed by atoms with Crippen molar-refractivity contribution in [2.24, 2.45) is 12.5 Å². The second-order valence-corrected chi connectivity index (χ2v) is 10.2. The number of aryl methyl sites for hydroxylation is 1. The lowest BCUT2D eigenvalue weighted by Crippen LogP contribution is -2.33. The van der Waals surface area contributed by atoms with E-state index in [1.54, 1.807) is 7.05 Å². The number of H-pyrrole nitrogens is 1. The van der Waals surface area contributed by atoms with E-state index in [0.717, 1.165) is 68.3 Å². The molecule has 3 aliphatic rings. The van der Waals surface area contributed by atoms with Gasteiger partial charge in [0.05, 0.1) is 11.6 Å². The summed E-state index contributed by atoms with van der Waals surface area (Å²) < 4.78 is 7.55. The van der Waals surface area contributed by atoms with Gasteiger partial charge in [-0.1, -0.05) is 0 Å². The van der Waals surface area contributed by atoms with Crippen molar-refractivity contribution in [2.75, 3.05) is 18.0 Å². The summed E-state index contributed by atoms with van der Waals surface area (Å²) in [5.74, 6) is 0.825. The van der Waals surface area contributed by atoms with E-state index < -0.39 is 0 Å². The first-order valence-electron chi connectivity index (χ1n) is 11.5. The number of aliphatic hydroxyl groups excluding tert-OH is 1. The molecule has 2 saturated carbocycles. The lowest BCUT2D eigenvalue weighted by Gasteiger charge is -2.24. The zero-order chi connectivity index (χ0) is 22.1. The topological polar surface area (TPSA) is 96.3 Å². The van der Waals surface area contributed by atoms with Crippen molar-refractivity contribution in [3.05, 3.63) is 34.6 Å². The second-order valence-electron chi connectivity index (χ2n) is 10.2. The summed E-state index contributed by atoms with van der Waals surface area (Å²) in [6.45, 7) is 3.75. The van der Waals surface area contributed by atoms with Crippen LogP contribution in [0.1, 0.15) is 45.4 Å². The Morgan fingerprint density at radius 2 is 2.06 bits per heavy atom. The second kappa shape index (κ2) is 6.81. The number of benzene rings is 1. The number of hydrogen-bond donors (Lipinski definition) is 2. The summed E-state index contributed by atoms with van der Waals surface area (Å²) in [5, 5.41) is 23.1. The Hall–Kier alpha value is -2.87. The van der Waals surface area contributed by atoms with E-state index in [2.05, 4.69) is 27.1 Å². The minimum absolute atomic E-state index is 0.0564. The molecule has 6 rings (SSSR count). The maximum absolute atomic E-state index is 13.0. The van der Waals surface area contributed by atoms with E-state index in [9.17, 15) is 9.90 Å². The summed E-state index contributed by atoms with van der Waals surface area (Å²) in [4.78, 5) is 15.2. The van der Waals surface area contributed by atoms with Crippen LogP contribution < -0.4 is 15.2 Å². The lowest BCUT2D eigenvalue weighted by molar-refractivity contribution is 0.164. The van der Waals surface area contributed by atoms with Gasteiger partial charge in [0.1, 0.15) is 28.4 Å². The Kier molecular flexibility index (Phi) is 4.21. The molecule has 1 saturated heterocycles. The fraction of sp³-hybridized carbons (Fsp3) is 0.542. The number of aliphatic hydroxyl groups is 1. The third-order valence-electron chi connectivity index (χ3n) is 7.60. The molecular weight excluding hydrogens is 406 g/mol. The number of aromatic nitrogens is 4. The largest absolute Gasteiger partial charge is 0.488 e. The summed E-state index contributed by atoms with van der Waals surface area (Å²) in [6.07, 6.45) is 5.65. The molecule has 32 heavy (non-hydrogen) atoms. The van der Waals surface area contributed by atoms with Gasteiger partial charge in [0, 0.05) is 25.5 Å². The molecule has 1 spiro atoms. The number of aromatic amines is 1. The standard InChI is InChI=1S/C24H29N5O3/c1-23(7-8-23)32-16-3-4-18-17(11-16)21(26-25-18)19-12-20(22(31)28(2)27-19)29-10-9-24(14-29)6-5-15(30)13-24/h3-4,11-12,15,30H,5-10,13-14H2,1-2H3,(H,25,26). The van der Waals surface area contributed by atoms with Crippen LogP contribution in [-0.2, 0) is 7.05 Å². The Balaban J connectivity index is 1.37. The van der Waals surface area contributed by atoms with Gasteiger partial charge in [-0.2, -0.15) is 10.2 Å². The van der Waals surface area contributed by atoms with Gasteiger partial charge in [-0.25, -0.2) is 4.68 Å². The van der Waals surface area contributed by atoms with Crippen LogP contribution in [0.15, 0.2) is 29.1 Å². The predicted molar refractivity (Wildman–Crippen MR) is 122 cm³/mol. The number of anilines is 1. The minimum atomic E-state index is -0.212. The molecule has 2 unspecified atom stereocenters. The van der Waals surface area contributed by atoms with Crippen LogP contribution in [0.3, 0.4) is 0 Å². The van der Waals surface area contributed by atoms with Crippen molar-refractivity contribution in [1.82, 2.24) is 20.0 Å². The minimum Gasteiger partial charge on any atom is -0.488 e. The Morgan fingerprint density at radius 1 is 1.22 bits per heavy atom. The van der Waals surface area contributed by atoms with Gasteiger partial charge in [-0.05, 0) is 75.1 Å². The van der Waals surface area contributed by atoms with Crippen LogP contribution in [0.5, 0.6) is 5.75 Å². The third kappa shape index (κ3) is 3.28. The number of nitrogens with zero attached hydrogens (tertiary/aromatic N) is 4. The van der Waals surface area contributed by atoms with Gasteiger partial charge in [0.25, 0.3) is 5.56 Å². The molecule has 168 valence electrons. The maximum Gasteiger partial charge on any atom is 0.290 e. The van der Waals surface area contributed by atoms with Gasteiger partial charge >= 0.3 is 0 Å². The Bertz CT molecular complexity index is 1260. The van der Waals surface area contributed by atoms with Crippen molar-refractivity contribution in [2.45, 2.75) is 57.2 Å². The monoisotopic (exact) mass is 435 g/mol. The number of nitrogens with one attached hydrogen (secondary N) is 1. The fourth-order valence-electron chi connectivity index (χ4n) is 5.44. The summed E-state index contributed by atoms with van der Waals surface area (Å²) in [6, 6.07) is 7.83. The first kappa shape index (κ1) is 19.8. The van der Waals surface area contributed by atoms with E-state index in [0.29, 0.717) is 17.1 Å². The third-order valence-corrected chi connectivity index (χ3v) is 7.60. The number of fused-ring (bicyclic) bond motifs is 1. The average molecular weight is 436 g/mol. The van der Waals surface area contributed by atoms with Crippen LogP contribution in [-0.4, -0.2) is 49.9 Å². The van der Waals surface area contributed by atoms with Crippen molar-refractivity contribution >= 4 is 16.6 Å². The Morgan fingerprint density at radius 3 is 2.81 bits per heavy atom. The zero-order valence-corrected chi connectivity index (χ0v) is 18.6.